The number of hydrogen-bond donors (Lipinski definition) is 1. The summed E-state index contributed by atoms with van der Waals surface area (Å²) in [7, 11) is 0. The Morgan fingerprint density at radius 1 is 0.850 bits per heavy atom. The number of aromatic nitrogens is 1. The Morgan fingerprint density at radius 3 is 2.40 bits per heavy atom. The van der Waals surface area contributed by atoms with E-state index in [2.05, 4.69) is 56.2 Å². The van der Waals surface area contributed by atoms with Crippen molar-refractivity contribution in [2.24, 2.45) is 0 Å². The van der Waals surface area contributed by atoms with Crippen molar-refractivity contribution in [3.8, 4) is 0 Å². The minimum Gasteiger partial charge on any atom is -0.369 e. The summed E-state index contributed by atoms with van der Waals surface area (Å²) in [5.74, 6) is -0.236. The maximum Gasteiger partial charge on any atom is 0.357 e. The highest BCUT2D eigenvalue weighted by Gasteiger charge is 2.27. The number of H-pyrrole nitrogens is 1. The Hall–Kier alpha value is -2.87. The van der Waals surface area contributed by atoms with Crippen LogP contribution in [-0.2, 0) is 11.3 Å². The second-order valence-electron chi connectivity index (χ2n) is 11.8. The minimum absolute atomic E-state index is 0.236. The summed E-state index contributed by atoms with van der Waals surface area (Å²) in [6, 6.07) is 17.3. The molecular weight excluding hydrogens is 498 g/mol. The molecule has 0 bridgehead atoms. The van der Waals surface area contributed by atoms with E-state index >= 15 is 0 Å². The molecule has 2 aromatic carbocycles. The molecule has 3 fully saturated rings. The predicted octanol–water partition coefficient (Wildman–Crippen LogP) is 5.33. The summed E-state index contributed by atoms with van der Waals surface area (Å²) in [5, 5.41) is 3.03. The fourth-order valence-electron chi connectivity index (χ4n) is 6.78. The maximum absolute atomic E-state index is 13.0. The van der Waals surface area contributed by atoms with E-state index in [1.54, 1.807) is 0 Å². The lowest BCUT2D eigenvalue weighted by atomic mass is 10.0. The molecule has 0 amide bonds. The van der Waals surface area contributed by atoms with Crippen molar-refractivity contribution in [3.05, 3.63) is 65.9 Å². The van der Waals surface area contributed by atoms with Gasteiger partial charge in [-0.15, -0.1) is 5.06 Å². The van der Waals surface area contributed by atoms with Crippen molar-refractivity contribution in [2.75, 3.05) is 63.8 Å². The number of unbranched alkanes of at least 4 members (excludes halogenated alkanes) is 1. The maximum atomic E-state index is 13.0. The first kappa shape index (κ1) is 27.3. The number of nitrogens with zero attached hydrogens (tertiary/aromatic N) is 4. The van der Waals surface area contributed by atoms with Gasteiger partial charge in [0.1, 0.15) is 0 Å². The van der Waals surface area contributed by atoms with Crippen molar-refractivity contribution in [3.63, 3.8) is 0 Å². The molecule has 214 valence electrons. The zero-order valence-electron chi connectivity index (χ0n) is 23.9. The minimum atomic E-state index is -0.236. The smallest absolute Gasteiger partial charge is 0.357 e. The molecule has 3 aliphatic rings. The fraction of sp³-hybridized carbons (Fsp3) is 0.545. The van der Waals surface area contributed by atoms with E-state index in [0.29, 0.717) is 11.6 Å². The average Bonchev–Trinajstić information content (AvgIpc) is 3.43. The molecule has 6 rings (SSSR count). The number of para-hydroxylation sites is 1. The summed E-state index contributed by atoms with van der Waals surface area (Å²) in [6.07, 6.45) is 11.6. The summed E-state index contributed by atoms with van der Waals surface area (Å²) in [6.45, 7) is 9.72. The summed E-state index contributed by atoms with van der Waals surface area (Å²) in [4.78, 5) is 30.0. The molecular formula is C33H45N5O2. The number of aromatic amines is 1. The molecule has 1 N–H and O–H groups in total. The van der Waals surface area contributed by atoms with Gasteiger partial charge in [0.15, 0.2) is 0 Å². The van der Waals surface area contributed by atoms with E-state index in [1.807, 2.05) is 23.3 Å². The number of piperidine rings is 2. The highest BCUT2D eigenvalue weighted by Crippen LogP contribution is 2.24. The number of hydrogen-bond acceptors (Lipinski definition) is 6. The predicted molar refractivity (Wildman–Crippen MR) is 162 cm³/mol. The van der Waals surface area contributed by atoms with Crippen molar-refractivity contribution in [1.82, 2.24) is 19.8 Å². The number of benzene rings is 2. The second-order valence-corrected chi connectivity index (χ2v) is 11.8. The van der Waals surface area contributed by atoms with Crippen molar-refractivity contribution in [1.29, 1.82) is 0 Å². The SMILES string of the molecule is O=C(ON1CCC(N2CCCCC2)CC1)c1ccc2[nH]cc(CCCCN3CCN(c4ccccc4)CC3)c2c1. The van der Waals surface area contributed by atoms with Crippen LogP contribution in [-0.4, -0.2) is 90.8 Å². The molecule has 4 heterocycles. The van der Waals surface area contributed by atoms with Crippen molar-refractivity contribution >= 4 is 22.6 Å². The fourth-order valence-corrected chi connectivity index (χ4v) is 6.78. The number of fused-ring (bicyclic) bond motifs is 1. The van der Waals surface area contributed by atoms with Crippen LogP contribution in [0.2, 0.25) is 0 Å². The van der Waals surface area contributed by atoms with Gasteiger partial charge in [0.05, 0.1) is 5.56 Å². The van der Waals surface area contributed by atoms with Gasteiger partial charge in [-0.05, 0) is 100 Å². The number of rotatable bonds is 9. The standard InChI is InChI=1S/C33H45N5O2/c39-33(40-38-19-14-30(15-20-38)36-17-6-2-7-18-36)27-12-13-32-31(25-27)28(26-34-32)9-5-8-16-35-21-23-37(24-22-35)29-10-3-1-4-11-29/h1,3-4,10-13,25-26,30,34H,2,5-9,14-24H2. The van der Waals surface area contributed by atoms with Crippen LogP contribution in [0.15, 0.2) is 54.7 Å². The van der Waals surface area contributed by atoms with Gasteiger partial charge in [-0.1, -0.05) is 24.6 Å². The lowest BCUT2D eigenvalue weighted by molar-refractivity contribution is -0.129. The van der Waals surface area contributed by atoms with E-state index in [1.165, 1.54) is 50.0 Å². The quantitative estimate of drug-likeness (QED) is 0.368. The van der Waals surface area contributed by atoms with Crippen LogP contribution in [0.5, 0.6) is 0 Å². The lowest BCUT2D eigenvalue weighted by Gasteiger charge is -2.39. The third kappa shape index (κ3) is 6.70. The van der Waals surface area contributed by atoms with Gasteiger partial charge in [-0.2, -0.15) is 0 Å². The molecule has 1 aromatic heterocycles. The number of nitrogens with one attached hydrogen (secondary N) is 1. The Kier molecular flexibility index (Phi) is 9.01. The highest BCUT2D eigenvalue weighted by molar-refractivity contribution is 5.95. The van der Waals surface area contributed by atoms with Gasteiger partial charge in [-0.3, -0.25) is 4.90 Å². The van der Waals surface area contributed by atoms with E-state index < -0.39 is 0 Å². The van der Waals surface area contributed by atoms with E-state index in [9.17, 15) is 4.79 Å². The Morgan fingerprint density at radius 2 is 1.62 bits per heavy atom. The molecule has 3 saturated heterocycles. The molecule has 40 heavy (non-hydrogen) atoms. The van der Waals surface area contributed by atoms with Crippen LogP contribution in [0.25, 0.3) is 10.9 Å². The second kappa shape index (κ2) is 13.2. The summed E-state index contributed by atoms with van der Waals surface area (Å²) >= 11 is 0. The first-order valence-electron chi connectivity index (χ1n) is 15.6. The Balaban J connectivity index is 0.949. The topological polar surface area (TPSA) is 55.1 Å². The third-order valence-electron chi connectivity index (χ3n) is 9.21. The van der Waals surface area contributed by atoms with Crippen LogP contribution in [0.1, 0.15) is 60.9 Å². The lowest BCUT2D eigenvalue weighted by Crippen LogP contribution is -2.47. The molecule has 3 aromatic rings. The van der Waals surface area contributed by atoms with Gasteiger partial charge in [0.2, 0.25) is 0 Å². The normalized spacial score (nSPS) is 20.2. The van der Waals surface area contributed by atoms with E-state index in [-0.39, 0.29) is 5.97 Å². The Bertz CT molecular complexity index is 1220. The van der Waals surface area contributed by atoms with Crippen molar-refractivity contribution in [2.45, 2.75) is 57.4 Å². The van der Waals surface area contributed by atoms with Gasteiger partial charge in [0, 0.05) is 68.1 Å². The molecule has 3 aliphatic heterocycles. The first-order valence-corrected chi connectivity index (χ1v) is 15.6. The third-order valence-corrected chi connectivity index (χ3v) is 9.21. The molecule has 0 spiro atoms. The van der Waals surface area contributed by atoms with E-state index in [0.717, 1.165) is 82.4 Å². The summed E-state index contributed by atoms with van der Waals surface area (Å²) in [5.41, 5.74) is 4.36. The van der Waals surface area contributed by atoms with Gasteiger partial charge in [0.25, 0.3) is 0 Å². The molecule has 0 aliphatic carbocycles. The van der Waals surface area contributed by atoms with Gasteiger partial charge in [-0.25, -0.2) is 4.79 Å². The van der Waals surface area contributed by atoms with Gasteiger partial charge >= 0.3 is 5.97 Å². The zero-order valence-corrected chi connectivity index (χ0v) is 23.9. The number of likely N-dealkylation sites (tertiary alicyclic amines) is 1. The van der Waals surface area contributed by atoms with Crippen LogP contribution in [0.3, 0.4) is 0 Å². The molecule has 0 atom stereocenters. The number of aryl methyl sites for hydroxylation is 1. The first-order chi connectivity index (χ1) is 19.7. The molecule has 0 saturated carbocycles. The molecule has 7 heteroatoms. The number of piperazine rings is 1. The van der Waals surface area contributed by atoms with Crippen LogP contribution < -0.4 is 4.90 Å². The van der Waals surface area contributed by atoms with Crippen molar-refractivity contribution < 1.29 is 9.63 Å². The molecule has 7 nitrogen and oxygen atoms in total. The number of anilines is 1. The Labute approximate surface area is 239 Å². The van der Waals surface area contributed by atoms with E-state index in [4.69, 9.17) is 4.84 Å². The van der Waals surface area contributed by atoms with Gasteiger partial charge < -0.3 is 19.6 Å². The molecule has 0 unspecified atom stereocenters. The number of hydroxylamine groups is 2. The van der Waals surface area contributed by atoms with Crippen LogP contribution >= 0.6 is 0 Å². The highest BCUT2D eigenvalue weighted by atomic mass is 16.7. The molecule has 0 radical (unpaired) electrons. The van der Waals surface area contributed by atoms with Crippen LogP contribution in [0.4, 0.5) is 5.69 Å². The average molecular weight is 544 g/mol. The number of carbonyl (C=O) groups excluding carboxylic acids is 1. The van der Waals surface area contributed by atoms with Crippen LogP contribution in [0, 0.1) is 0 Å². The number of carbonyl (C=O) groups is 1. The monoisotopic (exact) mass is 543 g/mol. The zero-order chi connectivity index (χ0) is 27.1. The summed E-state index contributed by atoms with van der Waals surface area (Å²) < 4.78 is 0. The largest absolute Gasteiger partial charge is 0.369 e.